The van der Waals surface area contributed by atoms with Gasteiger partial charge in [-0.3, -0.25) is 4.79 Å². The fraction of sp³-hybridized carbons (Fsp3) is 0. The van der Waals surface area contributed by atoms with Crippen LogP contribution in [0.2, 0.25) is 5.02 Å². The maximum absolute atomic E-state index is 12.1. The Morgan fingerprint density at radius 1 is 1.24 bits per heavy atom. The molecule has 0 saturated carbocycles. The molecule has 0 atom stereocenters. The standard InChI is InChI=1S/C17H11ClN2O4S/c18-12-4-2-1-3-9(12)7-14-15(22)20-17(25-14)19-13-6-5-10(21)8-11(13)16(23)24/h1-8,21H,(H,23,24)(H,19,20,22)/b14-7-. The summed E-state index contributed by atoms with van der Waals surface area (Å²) in [6.07, 6.45) is 1.64. The fourth-order valence-corrected chi connectivity index (χ4v) is 3.13. The summed E-state index contributed by atoms with van der Waals surface area (Å²) in [6, 6.07) is 10.9. The Morgan fingerprint density at radius 2 is 2.00 bits per heavy atom. The molecule has 1 saturated heterocycles. The molecule has 0 unspecified atom stereocenters. The monoisotopic (exact) mass is 374 g/mol. The quantitative estimate of drug-likeness (QED) is 0.712. The zero-order chi connectivity index (χ0) is 18.0. The number of aromatic carboxylic acids is 1. The topological polar surface area (TPSA) is 99.0 Å². The normalized spacial score (nSPS) is 17.1. The molecule has 1 amide bonds. The Balaban J connectivity index is 1.92. The summed E-state index contributed by atoms with van der Waals surface area (Å²) in [5.41, 5.74) is 0.664. The molecule has 126 valence electrons. The maximum Gasteiger partial charge on any atom is 0.338 e. The molecule has 0 radical (unpaired) electrons. The Bertz CT molecular complexity index is 940. The van der Waals surface area contributed by atoms with Crippen LogP contribution in [0.15, 0.2) is 52.4 Å². The summed E-state index contributed by atoms with van der Waals surface area (Å²) in [6.45, 7) is 0. The smallest absolute Gasteiger partial charge is 0.338 e. The highest BCUT2D eigenvalue weighted by molar-refractivity contribution is 8.18. The van der Waals surface area contributed by atoms with Crippen LogP contribution in [-0.4, -0.2) is 27.3 Å². The lowest BCUT2D eigenvalue weighted by molar-refractivity contribution is -0.115. The van der Waals surface area contributed by atoms with E-state index in [1.54, 1.807) is 30.3 Å². The van der Waals surface area contributed by atoms with Gasteiger partial charge in [0.15, 0.2) is 5.17 Å². The predicted octanol–water partition coefficient (Wildman–Crippen LogP) is 3.64. The molecule has 3 N–H and O–H groups in total. The number of carboxylic acid groups (broad SMARTS) is 1. The van der Waals surface area contributed by atoms with E-state index in [2.05, 4.69) is 10.3 Å². The van der Waals surface area contributed by atoms with Crippen molar-refractivity contribution >= 4 is 52.2 Å². The second kappa shape index (κ2) is 7.00. The minimum Gasteiger partial charge on any atom is -0.508 e. The van der Waals surface area contributed by atoms with Gasteiger partial charge in [0.05, 0.1) is 16.2 Å². The van der Waals surface area contributed by atoms with Crippen LogP contribution in [0.4, 0.5) is 5.69 Å². The van der Waals surface area contributed by atoms with Crippen molar-refractivity contribution in [3.63, 3.8) is 0 Å². The number of halogens is 1. The number of amidine groups is 1. The molecule has 1 aliphatic heterocycles. The van der Waals surface area contributed by atoms with E-state index in [4.69, 9.17) is 11.6 Å². The van der Waals surface area contributed by atoms with Crippen LogP contribution in [0.5, 0.6) is 5.75 Å². The number of phenolic OH excluding ortho intramolecular Hbond substituents is 1. The van der Waals surface area contributed by atoms with Crippen molar-refractivity contribution in [3.8, 4) is 5.75 Å². The summed E-state index contributed by atoms with van der Waals surface area (Å²) in [5, 5.41) is 21.9. The lowest BCUT2D eigenvalue weighted by atomic mass is 10.2. The summed E-state index contributed by atoms with van der Waals surface area (Å²) in [5.74, 6) is -1.75. The zero-order valence-electron chi connectivity index (χ0n) is 12.6. The average molecular weight is 375 g/mol. The van der Waals surface area contributed by atoms with Gasteiger partial charge in [-0.1, -0.05) is 29.8 Å². The first-order valence-corrected chi connectivity index (χ1v) is 8.24. The molecular formula is C17H11ClN2O4S. The third-order valence-corrected chi connectivity index (χ3v) is 4.53. The lowest BCUT2D eigenvalue weighted by Crippen LogP contribution is -2.19. The number of carbonyl (C=O) groups excluding carboxylic acids is 1. The van der Waals surface area contributed by atoms with Crippen LogP contribution in [0, 0.1) is 0 Å². The van der Waals surface area contributed by atoms with Gasteiger partial charge < -0.3 is 15.5 Å². The Labute approximate surface area is 151 Å². The van der Waals surface area contributed by atoms with Crippen molar-refractivity contribution in [2.24, 2.45) is 4.99 Å². The summed E-state index contributed by atoms with van der Waals surface area (Å²) < 4.78 is 0. The average Bonchev–Trinajstić information content (AvgIpc) is 2.90. The van der Waals surface area contributed by atoms with Crippen molar-refractivity contribution in [1.29, 1.82) is 0 Å². The van der Waals surface area contributed by atoms with Crippen molar-refractivity contribution in [3.05, 3.63) is 63.5 Å². The molecule has 6 nitrogen and oxygen atoms in total. The van der Waals surface area contributed by atoms with Gasteiger partial charge in [0, 0.05) is 5.02 Å². The van der Waals surface area contributed by atoms with Crippen LogP contribution in [0.25, 0.3) is 6.08 Å². The molecule has 2 aromatic carbocycles. The number of nitrogens with zero attached hydrogens (tertiary/aromatic N) is 1. The van der Waals surface area contributed by atoms with Gasteiger partial charge in [0.2, 0.25) is 0 Å². The largest absolute Gasteiger partial charge is 0.508 e. The molecule has 2 aromatic rings. The number of carbonyl (C=O) groups is 2. The molecule has 0 bridgehead atoms. The molecule has 1 aliphatic rings. The Morgan fingerprint density at radius 3 is 2.72 bits per heavy atom. The van der Waals surface area contributed by atoms with E-state index in [1.807, 2.05) is 0 Å². The first-order chi connectivity index (χ1) is 11.9. The number of amides is 1. The third-order valence-electron chi connectivity index (χ3n) is 3.28. The molecule has 0 spiro atoms. The lowest BCUT2D eigenvalue weighted by Gasteiger charge is -2.02. The molecule has 0 aromatic heterocycles. The number of hydrogen-bond acceptors (Lipinski definition) is 5. The summed E-state index contributed by atoms with van der Waals surface area (Å²) in [7, 11) is 0. The van der Waals surface area contributed by atoms with Crippen molar-refractivity contribution < 1.29 is 19.8 Å². The van der Waals surface area contributed by atoms with Crippen LogP contribution < -0.4 is 5.32 Å². The predicted molar refractivity (Wildman–Crippen MR) is 97.3 cm³/mol. The molecule has 1 fully saturated rings. The number of hydrogen-bond donors (Lipinski definition) is 3. The van der Waals surface area contributed by atoms with E-state index in [1.165, 1.54) is 12.1 Å². The second-order valence-electron chi connectivity index (χ2n) is 5.01. The van der Waals surface area contributed by atoms with E-state index >= 15 is 0 Å². The molecule has 1 heterocycles. The Hall–Kier alpha value is -2.77. The van der Waals surface area contributed by atoms with Crippen molar-refractivity contribution in [2.45, 2.75) is 0 Å². The molecule has 25 heavy (non-hydrogen) atoms. The highest BCUT2D eigenvalue weighted by Crippen LogP contribution is 2.31. The minimum absolute atomic E-state index is 0.132. The maximum atomic E-state index is 12.1. The van der Waals surface area contributed by atoms with Gasteiger partial charge in [-0.25, -0.2) is 9.79 Å². The summed E-state index contributed by atoms with van der Waals surface area (Å²) >= 11 is 7.16. The SMILES string of the molecule is O=C1NC(=Nc2ccc(O)cc2C(=O)O)S/C1=C\c1ccccc1Cl. The van der Waals surface area contributed by atoms with E-state index in [0.29, 0.717) is 15.5 Å². The van der Waals surface area contributed by atoms with Gasteiger partial charge in [-0.2, -0.15) is 0 Å². The summed E-state index contributed by atoms with van der Waals surface area (Å²) in [4.78, 5) is 27.9. The molecule has 0 aliphatic carbocycles. The van der Waals surface area contributed by atoms with Crippen molar-refractivity contribution in [1.82, 2.24) is 5.32 Å². The van der Waals surface area contributed by atoms with Gasteiger partial charge in [0.25, 0.3) is 5.91 Å². The number of nitrogens with one attached hydrogen (secondary N) is 1. The van der Waals surface area contributed by atoms with Gasteiger partial charge in [-0.05, 0) is 47.7 Å². The van der Waals surface area contributed by atoms with Crippen LogP contribution in [0.1, 0.15) is 15.9 Å². The van der Waals surface area contributed by atoms with Gasteiger partial charge in [0.1, 0.15) is 5.75 Å². The number of phenols is 1. The van der Waals surface area contributed by atoms with Crippen LogP contribution >= 0.6 is 23.4 Å². The van der Waals surface area contributed by atoms with E-state index in [0.717, 1.165) is 17.8 Å². The number of benzene rings is 2. The van der Waals surface area contributed by atoms with Crippen molar-refractivity contribution in [2.75, 3.05) is 0 Å². The number of aromatic hydroxyl groups is 1. The Kier molecular flexibility index (Phi) is 4.78. The minimum atomic E-state index is -1.23. The molecule has 8 heteroatoms. The molecule has 3 rings (SSSR count). The second-order valence-corrected chi connectivity index (χ2v) is 6.45. The highest BCUT2D eigenvalue weighted by atomic mass is 35.5. The number of rotatable bonds is 3. The van der Waals surface area contributed by atoms with E-state index in [-0.39, 0.29) is 28.1 Å². The van der Waals surface area contributed by atoms with Gasteiger partial charge in [-0.15, -0.1) is 0 Å². The van der Waals surface area contributed by atoms with E-state index < -0.39 is 5.97 Å². The van der Waals surface area contributed by atoms with Crippen LogP contribution in [0.3, 0.4) is 0 Å². The van der Waals surface area contributed by atoms with Crippen LogP contribution in [-0.2, 0) is 4.79 Å². The number of carboxylic acids is 1. The first-order valence-electron chi connectivity index (χ1n) is 7.04. The highest BCUT2D eigenvalue weighted by Gasteiger charge is 2.24. The van der Waals surface area contributed by atoms with E-state index in [9.17, 15) is 19.8 Å². The number of aliphatic imine (C=N–C) groups is 1. The third kappa shape index (κ3) is 3.84. The first kappa shape index (κ1) is 17.1. The van der Waals surface area contributed by atoms with Gasteiger partial charge >= 0.3 is 5.97 Å². The zero-order valence-corrected chi connectivity index (χ0v) is 14.1. The fourth-order valence-electron chi connectivity index (χ4n) is 2.12. The number of thioether (sulfide) groups is 1. The molecular weight excluding hydrogens is 364 g/mol.